The summed E-state index contributed by atoms with van der Waals surface area (Å²) < 4.78 is 22.0. The Kier molecular flexibility index (Phi) is 7.49. The van der Waals surface area contributed by atoms with Crippen molar-refractivity contribution in [3.05, 3.63) is 46.5 Å². The molecule has 0 aliphatic carbocycles. The molecule has 0 bridgehead atoms. The Bertz CT molecular complexity index is 627. The zero-order valence-electron chi connectivity index (χ0n) is 16.8. The molecule has 2 aromatic rings. The molecule has 0 unspecified atom stereocenters. The fourth-order valence-corrected chi connectivity index (χ4v) is 3.10. The zero-order valence-corrected chi connectivity index (χ0v) is 16.8. The summed E-state index contributed by atoms with van der Waals surface area (Å²) in [6.07, 6.45) is 0. The Morgan fingerprint density at radius 3 is 1.58 bits per heavy atom. The van der Waals surface area contributed by atoms with E-state index in [0.29, 0.717) is 19.8 Å². The fourth-order valence-electron chi connectivity index (χ4n) is 3.10. The normalized spacial score (nSPS) is 10.8. The maximum atomic E-state index is 5.86. The fraction of sp³-hybridized carbons (Fsp3) is 0.455. The summed E-state index contributed by atoms with van der Waals surface area (Å²) in [5.41, 5.74) is 6.83. The smallest absolute Gasteiger partial charge is 0.189 e. The first kappa shape index (κ1) is 20.3. The lowest BCUT2D eigenvalue weighted by atomic mass is 9.96. The minimum atomic E-state index is 0.281. The predicted molar refractivity (Wildman–Crippen MR) is 105 cm³/mol. The highest BCUT2D eigenvalue weighted by atomic mass is 16.7. The van der Waals surface area contributed by atoms with E-state index in [2.05, 4.69) is 52.0 Å². The average Bonchev–Trinajstić information content (AvgIpc) is 2.59. The van der Waals surface area contributed by atoms with E-state index < -0.39 is 0 Å². The highest BCUT2D eigenvalue weighted by Gasteiger charge is 2.11. The van der Waals surface area contributed by atoms with Crippen LogP contribution in [0.1, 0.15) is 29.2 Å². The molecule has 0 aliphatic rings. The Hall–Kier alpha value is -2.04. The van der Waals surface area contributed by atoms with Gasteiger partial charge in [-0.25, -0.2) is 0 Å². The second-order valence-corrected chi connectivity index (χ2v) is 6.47. The van der Waals surface area contributed by atoms with E-state index >= 15 is 0 Å². The molecule has 2 rings (SSSR count). The summed E-state index contributed by atoms with van der Waals surface area (Å²) in [6, 6.07) is 8.66. The van der Waals surface area contributed by atoms with E-state index in [1.807, 2.05) is 6.92 Å². The van der Waals surface area contributed by atoms with Gasteiger partial charge in [-0.2, -0.15) is 0 Å². The summed E-state index contributed by atoms with van der Waals surface area (Å²) >= 11 is 0. The van der Waals surface area contributed by atoms with Crippen LogP contribution in [0.25, 0.3) is 11.1 Å². The van der Waals surface area contributed by atoms with Crippen LogP contribution in [0.2, 0.25) is 0 Å². The van der Waals surface area contributed by atoms with E-state index in [1.54, 1.807) is 7.11 Å². The van der Waals surface area contributed by atoms with Crippen molar-refractivity contribution in [2.45, 2.75) is 34.6 Å². The molecule has 0 atom stereocenters. The second-order valence-electron chi connectivity index (χ2n) is 6.47. The summed E-state index contributed by atoms with van der Waals surface area (Å²) in [5, 5.41) is 0. The third-order valence-corrected chi connectivity index (χ3v) is 4.28. The molecule has 26 heavy (non-hydrogen) atoms. The van der Waals surface area contributed by atoms with Gasteiger partial charge in [0.15, 0.2) is 6.79 Å². The molecule has 0 amide bonds. The zero-order chi connectivity index (χ0) is 19.1. The number of aryl methyl sites for hydroxylation is 4. The standard InChI is InChI=1S/C22H30O4/c1-7-24-14-26-22-17(4)12-20(13-18(22)5)19-10-15(2)21(16(3)11-19)25-9-8-23-6/h10-13H,7-9,14H2,1-6H3. The average molecular weight is 358 g/mol. The van der Waals surface area contributed by atoms with Crippen LogP contribution >= 0.6 is 0 Å². The molecule has 0 saturated carbocycles. The molecular formula is C22H30O4. The quantitative estimate of drug-likeness (QED) is 0.468. The number of benzene rings is 2. The van der Waals surface area contributed by atoms with Crippen molar-refractivity contribution in [3.63, 3.8) is 0 Å². The first-order chi connectivity index (χ1) is 12.5. The second kappa shape index (κ2) is 9.60. The van der Waals surface area contributed by atoms with Gasteiger partial charge in [0.1, 0.15) is 18.1 Å². The van der Waals surface area contributed by atoms with Crippen molar-refractivity contribution >= 4 is 0 Å². The first-order valence-corrected chi connectivity index (χ1v) is 9.03. The van der Waals surface area contributed by atoms with E-state index in [4.69, 9.17) is 18.9 Å². The van der Waals surface area contributed by atoms with Crippen molar-refractivity contribution in [2.24, 2.45) is 0 Å². The van der Waals surface area contributed by atoms with Gasteiger partial charge in [-0.3, -0.25) is 0 Å². The third kappa shape index (κ3) is 4.99. The van der Waals surface area contributed by atoms with Gasteiger partial charge in [-0.1, -0.05) is 0 Å². The number of methoxy groups -OCH3 is 1. The molecule has 0 saturated heterocycles. The minimum Gasteiger partial charge on any atom is -0.491 e. The van der Waals surface area contributed by atoms with Crippen LogP contribution in [0.15, 0.2) is 24.3 Å². The van der Waals surface area contributed by atoms with Crippen LogP contribution in [0.4, 0.5) is 0 Å². The summed E-state index contributed by atoms with van der Waals surface area (Å²) in [7, 11) is 1.68. The van der Waals surface area contributed by atoms with Crippen LogP contribution in [-0.2, 0) is 9.47 Å². The maximum Gasteiger partial charge on any atom is 0.189 e. The van der Waals surface area contributed by atoms with Gasteiger partial charge in [0.25, 0.3) is 0 Å². The van der Waals surface area contributed by atoms with Crippen molar-refractivity contribution in [1.82, 2.24) is 0 Å². The molecule has 0 radical (unpaired) electrons. The molecule has 0 spiro atoms. The summed E-state index contributed by atoms with van der Waals surface area (Å²) in [5.74, 6) is 1.84. The Morgan fingerprint density at radius 2 is 1.15 bits per heavy atom. The molecular weight excluding hydrogens is 328 g/mol. The van der Waals surface area contributed by atoms with Crippen molar-refractivity contribution < 1.29 is 18.9 Å². The van der Waals surface area contributed by atoms with Crippen LogP contribution in [0.3, 0.4) is 0 Å². The van der Waals surface area contributed by atoms with Gasteiger partial charge in [0.05, 0.1) is 6.61 Å². The lowest BCUT2D eigenvalue weighted by molar-refractivity contribution is 0.0216. The number of hydrogen-bond donors (Lipinski definition) is 0. The molecule has 0 fully saturated rings. The van der Waals surface area contributed by atoms with E-state index in [9.17, 15) is 0 Å². The topological polar surface area (TPSA) is 36.9 Å². The van der Waals surface area contributed by atoms with Gasteiger partial charge >= 0.3 is 0 Å². The molecule has 4 nitrogen and oxygen atoms in total. The molecule has 0 N–H and O–H groups in total. The maximum absolute atomic E-state index is 5.86. The van der Waals surface area contributed by atoms with Gasteiger partial charge in [0.2, 0.25) is 0 Å². The SMILES string of the molecule is CCOCOc1c(C)cc(-c2cc(C)c(OCCOC)c(C)c2)cc1C. The van der Waals surface area contributed by atoms with E-state index in [1.165, 1.54) is 11.1 Å². The van der Waals surface area contributed by atoms with E-state index in [-0.39, 0.29) is 6.79 Å². The highest BCUT2D eigenvalue weighted by Crippen LogP contribution is 2.34. The monoisotopic (exact) mass is 358 g/mol. The van der Waals surface area contributed by atoms with Crippen molar-refractivity contribution in [3.8, 4) is 22.6 Å². The lowest BCUT2D eigenvalue weighted by Crippen LogP contribution is -2.06. The van der Waals surface area contributed by atoms with E-state index in [0.717, 1.165) is 33.8 Å². The Labute approximate surface area is 157 Å². The lowest BCUT2D eigenvalue weighted by Gasteiger charge is -2.16. The first-order valence-electron chi connectivity index (χ1n) is 9.03. The highest BCUT2D eigenvalue weighted by molar-refractivity contribution is 5.70. The summed E-state index contributed by atoms with van der Waals surface area (Å²) in [4.78, 5) is 0. The van der Waals surface area contributed by atoms with Crippen molar-refractivity contribution in [2.75, 3.05) is 33.7 Å². The minimum absolute atomic E-state index is 0.281. The van der Waals surface area contributed by atoms with Gasteiger partial charge in [0, 0.05) is 13.7 Å². The molecule has 4 heteroatoms. The van der Waals surface area contributed by atoms with Crippen LogP contribution in [0, 0.1) is 27.7 Å². The van der Waals surface area contributed by atoms with Crippen LogP contribution in [0.5, 0.6) is 11.5 Å². The molecule has 2 aromatic carbocycles. The third-order valence-electron chi connectivity index (χ3n) is 4.28. The van der Waals surface area contributed by atoms with Crippen LogP contribution in [-0.4, -0.2) is 33.7 Å². The van der Waals surface area contributed by atoms with Crippen LogP contribution < -0.4 is 9.47 Å². The Morgan fingerprint density at radius 1 is 0.692 bits per heavy atom. The molecule has 0 aromatic heterocycles. The molecule has 0 heterocycles. The van der Waals surface area contributed by atoms with Gasteiger partial charge < -0.3 is 18.9 Å². The predicted octanol–water partition coefficient (Wildman–Crippen LogP) is 4.99. The Balaban J connectivity index is 2.28. The molecule has 0 aliphatic heterocycles. The number of ether oxygens (including phenoxy) is 4. The van der Waals surface area contributed by atoms with Gasteiger partial charge in [-0.05, 0) is 92.3 Å². The van der Waals surface area contributed by atoms with Gasteiger partial charge in [-0.15, -0.1) is 0 Å². The van der Waals surface area contributed by atoms with Crippen molar-refractivity contribution in [1.29, 1.82) is 0 Å². The number of rotatable bonds is 9. The largest absolute Gasteiger partial charge is 0.491 e. The summed E-state index contributed by atoms with van der Waals surface area (Å²) in [6.45, 7) is 12.3. The number of hydrogen-bond acceptors (Lipinski definition) is 4. The molecule has 142 valence electrons.